The number of likely N-dealkylation sites (tertiary alicyclic amines) is 1. The van der Waals surface area contributed by atoms with E-state index < -0.39 is 46.6 Å². The summed E-state index contributed by atoms with van der Waals surface area (Å²) in [5.74, 6) is -1.97. The minimum atomic E-state index is -1.46. The largest absolute Gasteiger partial charge is 0.445 e. The van der Waals surface area contributed by atoms with Gasteiger partial charge >= 0.3 is 11.5 Å². The summed E-state index contributed by atoms with van der Waals surface area (Å²) in [7, 11) is 0. The lowest BCUT2D eigenvalue weighted by Gasteiger charge is -2.39. The van der Waals surface area contributed by atoms with Crippen molar-refractivity contribution in [2.75, 3.05) is 19.6 Å². The summed E-state index contributed by atoms with van der Waals surface area (Å²) in [6, 6.07) is 20.6. The van der Waals surface area contributed by atoms with E-state index >= 15 is 4.39 Å². The van der Waals surface area contributed by atoms with Gasteiger partial charge in [0.05, 0.1) is 24.7 Å². The molecule has 2 heterocycles. The molecule has 1 aliphatic heterocycles. The van der Waals surface area contributed by atoms with E-state index in [9.17, 15) is 18.4 Å². The summed E-state index contributed by atoms with van der Waals surface area (Å²) < 4.78 is 51.5. The Morgan fingerprint density at radius 2 is 1.65 bits per heavy atom. The molecule has 5 rings (SSSR count). The predicted octanol–water partition coefficient (Wildman–Crippen LogP) is 7.63. The summed E-state index contributed by atoms with van der Waals surface area (Å²) >= 11 is 6.21. The Kier molecular flexibility index (Phi) is 10.0. The maximum absolute atomic E-state index is 15.5. The van der Waals surface area contributed by atoms with Crippen LogP contribution in [0.4, 0.5) is 22.8 Å². The van der Waals surface area contributed by atoms with Crippen molar-refractivity contribution in [3.8, 4) is 11.4 Å². The quantitative estimate of drug-likeness (QED) is 0.137. The lowest BCUT2D eigenvalue weighted by atomic mass is 9.84. The van der Waals surface area contributed by atoms with Crippen LogP contribution in [0.2, 0.25) is 0 Å². The van der Waals surface area contributed by atoms with Crippen molar-refractivity contribution >= 4 is 23.1 Å². The van der Waals surface area contributed by atoms with Gasteiger partial charge in [-0.3, -0.25) is 4.79 Å². The smallest absolute Gasteiger partial charge is 0.410 e. The van der Waals surface area contributed by atoms with Gasteiger partial charge in [-0.1, -0.05) is 81.4 Å². The van der Waals surface area contributed by atoms with Gasteiger partial charge in [-0.2, -0.15) is 5.10 Å². The fourth-order valence-electron chi connectivity index (χ4n) is 5.70. The van der Waals surface area contributed by atoms with Crippen LogP contribution in [0, 0.1) is 23.0 Å². The third-order valence-electron chi connectivity index (χ3n) is 7.90. The first-order valence-corrected chi connectivity index (χ1v) is 15.3. The van der Waals surface area contributed by atoms with Crippen LogP contribution in [0.15, 0.2) is 78.9 Å². The van der Waals surface area contributed by atoms with Crippen LogP contribution in [0.3, 0.4) is 0 Å². The van der Waals surface area contributed by atoms with Gasteiger partial charge in [0.15, 0.2) is 11.6 Å². The van der Waals surface area contributed by atoms with E-state index in [4.69, 9.17) is 16.3 Å². The number of carbonyl (C=O) groups excluding carboxylic acids is 2. The molecule has 242 valence electrons. The predicted molar refractivity (Wildman–Crippen MR) is 168 cm³/mol. The highest BCUT2D eigenvalue weighted by atomic mass is 35.5. The van der Waals surface area contributed by atoms with Crippen molar-refractivity contribution in [3.63, 3.8) is 0 Å². The minimum Gasteiger partial charge on any atom is -0.445 e. The van der Waals surface area contributed by atoms with E-state index in [2.05, 4.69) is 10.1 Å². The second-order valence-electron chi connectivity index (χ2n) is 12.5. The molecule has 0 N–H and O–H groups in total. The molecule has 0 saturated carbocycles. The Morgan fingerprint density at radius 1 is 1.00 bits per heavy atom. The fraction of sp³-hybridized carbons (Fsp3) is 0.353. The summed E-state index contributed by atoms with van der Waals surface area (Å²) in [4.78, 5) is 33.2. The minimum absolute atomic E-state index is 0.00276. The Labute approximate surface area is 270 Å². The molecular weight excluding hydrogens is 619 g/mol. The molecule has 3 aromatic carbocycles. The van der Waals surface area contributed by atoms with Crippen LogP contribution in [-0.2, 0) is 17.9 Å². The second-order valence-corrected chi connectivity index (χ2v) is 12.8. The average molecular weight is 654 g/mol. The molecule has 12 heteroatoms. The number of hydrogen-bond donors (Lipinski definition) is 0. The van der Waals surface area contributed by atoms with Crippen LogP contribution in [0.5, 0.6) is 0 Å². The molecule has 3 atom stereocenters. The molecule has 0 radical (unpaired) electrons. The van der Waals surface area contributed by atoms with Crippen molar-refractivity contribution in [1.29, 1.82) is 0 Å². The molecular formula is C34H35ClF3N5O3. The standard InChI is InChI=1S/C34H35ClF3N5O3/c1-34(2,3)29(31-39-30(26-16-25(36)14-15-27(26)37)40-43(31)17-22-10-6-4-7-11-22)42(32(35)44)19-24-18-41(20-28(24)38)33(45)46-21-23-12-8-5-9-13-23/h4-16,24,28-29H,17-21H2,1-3H3/t24?,28?,29-/m0/s1. The third kappa shape index (κ3) is 7.70. The number of rotatable bonds is 9. The molecule has 1 saturated heterocycles. The number of aromatic nitrogens is 3. The lowest BCUT2D eigenvalue weighted by molar-refractivity contribution is 0.0952. The van der Waals surface area contributed by atoms with Crippen LogP contribution in [0.1, 0.15) is 43.8 Å². The van der Waals surface area contributed by atoms with E-state index in [0.29, 0.717) is 0 Å². The van der Waals surface area contributed by atoms with E-state index in [-0.39, 0.29) is 50.0 Å². The Hall–Kier alpha value is -4.38. The fourth-order valence-corrected chi connectivity index (χ4v) is 5.87. The highest BCUT2D eigenvalue weighted by molar-refractivity contribution is 6.62. The molecule has 0 spiro atoms. The SMILES string of the molecule is CC(C)(C)[C@H](c1nc(-c2cc(F)ccc2F)nn1Cc1ccccc1)N(CC1CN(C(=O)OCc2ccccc2)CC1F)C(=O)Cl. The van der Waals surface area contributed by atoms with Crippen LogP contribution >= 0.6 is 11.6 Å². The van der Waals surface area contributed by atoms with E-state index in [1.54, 1.807) is 0 Å². The molecule has 8 nitrogen and oxygen atoms in total. The maximum atomic E-state index is 15.5. The van der Waals surface area contributed by atoms with Crippen molar-refractivity contribution < 1.29 is 27.5 Å². The van der Waals surface area contributed by atoms with Gasteiger partial charge in [0.1, 0.15) is 24.4 Å². The van der Waals surface area contributed by atoms with Crippen LogP contribution < -0.4 is 0 Å². The number of benzene rings is 3. The molecule has 46 heavy (non-hydrogen) atoms. The highest BCUT2D eigenvalue weighted by Gasteiger charge is 2.43. The lowest BCUT2D eigenvalue weighted by Crippen LogP contribution is -2.44. The van der Waals surface area contributed by atoms with Gasteiger partial charge in [0.2, 0.25) is 0 Å². The zero-order valence-corrected chi connectivity index (χ0v) is 26.5. The van der Waals surface area contributed by atoms with Gasteiger partial charge in [-0.05, 0) is 46.3 Å². The van der Waals surface area contributed by atoms with Crippen LogP contribution in [0.25, 0.3) is 11.4 Å². The normalized spacial score (nSPS) is 17.2. The second kappa shape index (κ2) is 13.9. The maximum Gasteiger partial charge on any atom is 0.410 e. The molecule has 1 aliphatic rings. The Balaban J connectivity index is 1.45. The van der Waals surface area contributed by atoms with Gasteiger partial charge in [-0.25, -0.2) is 27.6 Å². The van der Waals surface area contributed by atoms with E-state index in [1.165, 1.54) is 14.5 Å². The number of alkyl halides is 1. The zero-order valence-electron chi connectivity index (χ0n) is 25.7. The number of halogens is 4. The van der Waals surface area contributed by atoms with Crippen LogP contribution in [-0.4, -0.2) is 61.8 Å². The van der Waals surface area contributed by atoms with Crippen molar-refractivity contribution in [2.45, 2.75) is 46.1 Å². The first-order valence-electron chi connectivity index (χ1n) is 14.9. The molecule has 1 aromatic heterocycles. The van der Waals surface area contributed by atoms with Gasteiger partial charge in [0, 0.05) is 19.0 Å². The number of amides is 2. The van der Waals surface area contributed by atoms with E-state index in [0.717, 1.165) is 29.3 Å². The molecule has 0 aliphatic carbocycles. The topological polar surface area (TPSA) is 80.6 Å². The first kappa shape index (κ1) is 33.0. The summed E-state index contributed by atoms with van der Waals surface area (Å²) in [5, 5.41) is 3.70. The van der Waals surface area contributed by atoms with Gasteiger partial charge in [0.25, 0.3) is 0 Å². The molecule has 0 bridgehead atoms. The Morgan fingerprint density at radius 3 is 2.28 bits per heavy atom. The van der Waals surface area contributed by atoms with E-state index in [1.807, 2.05) is 81.4 Å². The average Bonchev–Trinajstić information content (AvgIpc) is 3.60. The number of hydrogen-bond acceptors (Lipinski definition) is 5. The summed E-state index contributed by atoms with van der Waals surface area (Å²) in [6.07, 6.45) is -2.11. The van der Waals surface area contributed by atoms with Crippen molar-refractivity contribution in [3.05, 3.63) is 107 Å². The molecule has 2 amide bonds. The molecule has 4 aromatic rings. The van der Waals surface area contributed by atoms with Crippen molar-refractivity contribution in [2.24, 2.45) is 11.3 Å². The number of ether oxygens (including phenoxy) is 1. The molecule has 1 fully saturated rings. The molecule has 2 unspecified atom stereocenters. The summed E-state index contributed by atoms with van der Waals surface area (Å²) in [5.41, 5.74) is 0.768. The number of carbonyl (C=O) groups is 2. The third-order valence-corrected chi connectivity index (χ3v) is 8.12. The first-order chi connectivity index (χ1) is 21.9. The highest BCUT2D eigenvalue weighted by Crippen LogP contribution is 2.40. The monoisotopic (exact) mass is 653 g/mol. The summed E-state index contributed by atoms with van der Waals surface area (Å²) in [6.45, 7) is 5.50. The van der Waals surface area contributed by atoms with Gasteiger partial charge < -0.3 is 14.5 Å². The van der Waals surface area contributed by atoms with Crippen molar-refractivity contribution in [1.82, 2.24) is 24.6 Å². The zero-order chi connectivity index (χ0) is 33.0. The number of nitrogens with zero attached hydrogens (tertiary/aromatic N) is 5. The Bertz CT molecular complexity index is 1670. The van der Waals surface area contributed by atoms with Gasteiger partial charge in [-0.15, -0.1) is 0 Å².